The molecule has 7 heteroatoms. The highest BCUT2D eigenvalue weighted by atomic mass is 16.5. The number of hydrogen-bond donors (Lipinski definition) is 1. The summed E-state index contributed by atoms with van der Waals surface area (Å²) in [6.07, 6.45) is 0. The monoisotopic (exact) mass is 365 g/mol. The quantitative estimate of drug-likeness (QED) is 0.701. The molecule has 138 valence electrons. The van der Waals surface area contributed by atoms with Crippen LogP contribution in [0.5, 0.6) is 0 Å². The van der Waals surface area contributed by atoms with Crippen LogP contribution in [0.25, 0.3) is 10.8 Å². The van der Waals surface area contributed by atoms with Gasteiger partial charge in [0.2, 0.25) is 0 Å². The van der Waals surface area contributed by atoms with Crippen LogP contribution in [0.15, 0.2) is 59.4 Å². The zero-order valence-corrected chi connectivity index (χ0v) is 15.0. The minimum atomic E-state index is -0.767. The number of carbonyl (C=O) groups is 2. The highest BCUT2D eigenvalue weighted by molar-refractivity contribution is 6.02. The fourth-order valence-corrected chi connectivity index (χ4v) is 2.74. The zero-order chi connectivity index (χ0) is 19.4. The standard InChI is InChI=1S/C20H19N3O4/c1-13(14-8-4-3-5-9-14)23(2)17(24)12-27-20(26)18-15-10-6-7-11-16(15)19(25)22-21-18/h3-11,13H,12H2,1-2H3,(H,22,25)/t13-/m1/s1. The van der Waals surface area contributed by atoms with E-state index in [-0.39, 0.29) is 17.6 Å². The van der Waals surface area contributed by atoms with E-state index >= 15 is 0 Å². The number of nitrogens with zero attached hydrogens (tertiary/aromatic N) is 2. The van der Waals surface area contributed by atoms with E-state index in [4.69, 9.17) is 4.74 Å². The number of carbonyl (C=O) groups excluding carboxylic acids is 2. The molecular formula is C20H19N3O4. The Morgan fingerprint density at radius 3 is 2.41 bits per heavy atom. The number of fused-ring (bicyclic) bond motifs is 1. The van der Waals surface area contributed by atoms with Crippen molar-refractivity contribution in [3.63, 3.8) is 0 Å². The number of nitrogens with one attached hydrogen (secondary N) is 1. The van der Waals surface area contributed by atoms with Crippen molar-refractivity contribution < 1.29 is 14.3 Å². The molecule has 0 aliphatic heterocycles. The second-order valence-corrected chi connectivity index (χ2v) is 6.11. The van der Waals surface area contributed by atoms with Crippen LogP contribution < -0.4 is 5.56 Å². The maximum Gasteiger partial charge on any atom is 0.359 e. The summed E-state index contributed by atoms with van der Waals surface area (Å²) in [5.41, 5.74) is 0.555. The molecule has 0 saturated heterocycles. The molecule has 1 amide bonds. The molecule has 3 aromatic rings. The van der Waals surface area contributed by atoms with E-state index in [2.05, 4.69) is 10.2 Å². The van der Waals surface area contributed by atoms with Gasteiger partial charge in [0.1, 0.15) is 0 Å². The van der Waals surface area contributed by atoms with Gasteiger partial charge in [-0.1, -0.05) is 48.5 Å². The topological polar surface area (TPSA) is 92.4 Å². The van der Waals surface area contributed by atoms with E-state index in [1.165, 1.54) is 4.90 Å². The first-order valence-corrected chi connectivity index (χ1v) is 8.44. The van der Waals surface area contributed by atoms with Crippen LogP contribution in [-0.2, 0) is 9.53 Å². The molecule has 0 radical (unpaired) electrons. The molecule has 0 aliphatic rings. The summed E-state index contributed by atoms with van der Waals surface area (Å²) >= 11 is 0. The van der Waals surface area contributed by atoms with Crippen LogP contribution in [0.1, 0.15) is 29.0 Å². The van der Waals surface area contributed by atoms with E-state index in [9.17, 15) is 14.4 Å². The normalized spacial score (nSPS) is 11.8. The predicted molar refractivity (Wildman–Crippen MR) is 100 cm³/mol. The first-order chi connectivity index (χ1) is 13.0. The van der Waals surface area contributed by atoms with Crippen molar-refractivity contribution >= 4 is 22.6 Å². The fraction of sp³-hybridized carbons (Fsp3) is 0.200. The van der Waals surface area contributed by atoms with Crippen molar-refractivity contribution in [1.82, 2.24) is 15.1 Å². The number of ether oxygens (including phenoxy) is 1. The first kappa shape index (κ1) is 18.3. The lowest BCUT2D eigenvalue weighted by Gasteiger charge is -2.25. The Balaban J connectivity index is 1.70. The summed E-state index contributed by atoms with van der Waals surface area (Å²) in [5, 5.41) is 6.76. The molecule has 1 atom stereocenters. The molecule has 0 saturated carbocycles. The molecule has 2 aromatic carbocycles. The number of rotatable bonds is 5. The molecular weight excluding hydrogens is 346 g/mol. The lowest BCUT2D eigenvalue weighted by molar-refractivity contribution is -0.135. The van der Waals surface area contributed by atoms with Gasteiger partial charge in [0.15, 0.2) is 12.3 Å². The Morgan fingerprint density at radius 1 is 1.07 bits per heavy atom. The van der Waals surface area contributed by atoms with Crippen molar-refractivity contribution in [3.05, 3.63) is 76.2 Å². The number of aromatic nitrogens is 2. The molecule has 0 spiro atoms. The highest BCUT2D eigenvalue weighted by Gasteiger charge is 2.21. The van der Waals surface area contributed by atoms with Crippen molar-refractivity contribution in [2.75, 3.05) is 13.7 Å². The van der Waals surface area contributed by atoms with E-state index in [0.717, 1.165) is 5.56 Å². The number of esters is 1. The Labute approximate surface area is 155 Å². The smallest absolute Gasteiger partial charge is 0.359 e. The minimum absolute atomic E-state index is 0.0308. The van der Waals surface area contributed by atoms with Crippen LogP contribution in [-0.4, -0.2) is 40.6 Å². The average molecular weight is 365 g/mol. The number of H-pyrrole nitrogens is 1. The second-order valence-electron chi connectivity index (χ2n) is 6.11. The minimum Gasteiger partial charge on any atom is -0.451 e. The molecule has 1 heterocycles. The highest BCUT2D eigenvalue weighted by Crippen LogP contribution is 2.18. The molecule has 0 aliphatic carbocycles. The molecule has 0 unspecified atom stereocenters. The summed E-state index contributed by atoms with van der Waals surface area (Å²) in [6.45, 7) is 1.48. The molecule has 7 nitrogen and oxygen atoms in total. The zero-order valence-electron chi connectivity index (χ0n) is 15.0. The average Bonchev–Trinajstić information content (AvgIpc) is 2.71. The number of hydrogen-bond acceptors (Lipinski definition) is 5. The lowest BCUT2D eigenvalue weighted by Crippen LogP contribution is -2.33. The molecule has 0 bridgehead atoms. The third kappa shape index (κ3) is 3.87. The van der Waals surface area contributed by atoms with Crippen molar-refractivity contribution in [3.8, 4) is 0 Å². The van der Waals surface area contributed by atoms with Gasteiger partial charge >= 0.3 is 5.97 Å². The van der Waals surface area contributed by atoms with E-state index in [0.29, 0.717) is 10.8 Å². The maximum absolute atomic E-state index is 12.4. The van der Waals surface area contributed by atoms with Crippen molar-refractivity contribution in [1.29, 1.82) is 0 Å². The van der Waals surface area contributed by atoms with Gasteiger partial charge in [-0.15, -0.1) is 0 Å². The van der Waals surface area contributed by atoms with Gasteiger partial charge in [0.25, 0.3) is 11.5 Å². The van der Waals surface area contributed by atoms with Gasteiger partial charge in [-0.2, -0.15) is 5.10 Å². The predicted octanol–water partition coefficient (Wildman–Crippen LogP) is 2.30. The fourth-order valence-electron chi connectivity index (χ4n) is 2.74. The third-order valence-electron chi connectivity index (χ3n) is 4.47. The molecule has 27 heavy (non-hydrogen) atoms. The van der Waals surface area contributed by atoms with Gasteiger partial charge in [-0.05, 0) is 18.6 Å². The van der Waals surface area contributed by atoms with Crippen molar-refractivity contribution in [2.24, 2.45) is 0 Å². The molecule has 0 fully saturated rings. The lowest BCUT2D eigenvalue weighted by atomic mass is 10.1. The maximum atomic E-state index is 12.4. The number of benzene rings is 2. The Kier molecular flexibility index (Phi) is 5.30. The van der Waals surface area contributed by atoms with E-state index in [1.807, 2.05) is 37.3 Å². The van der Waals surface area contributed by atoms with E-state index < -0.39 is 18.1 Å². The van der Waals surface area contributed by atoms with E-state index in [1.54, 1.807) is 31.3 Å². The van der Waals surface area contributed by atoms with Crippen molar-refractivity contribution in [2.45, 2.75) is 13.0 Å². The third-order valence-corrected chi connectivity index (χ3v) is 4.47. The Bertz CT molecular complexity index is 1030. The van der Waals surface area contributed by atoms with Crippen LogP contribution in [0, 0.1) is 0 Å². The first-order valence-electron chi connectivity index (χ1n) is 8.44. The van der Waals surface area contributed by atoms with Crippen LogP contribution >= 0.6 is 0 Å². The van der Waals surface area contributed by atoms with Crippen LogP contribution in [0.4, 0.5) is 0 Å². The van der Waals surface area contributed by atoms with Gasteiger partial charge < -0.3 is 9.64 Å². The molecule has 1 aromatic heterocycles. The second kappa shape index (κ2) is 7.82. The summed E-state index contributed by atoms with van der Waals surface area (Å²) in [4.78, 5) is 38.0. The summed E-state index contributed by atoms with van der Waals surface area (Å²) < 4.78 is 5.13. The molecule has 3 rings (SSSR count). The summed E-state index contributed by atoms with van der Waals surface area (Å²) in [5.74, 6) is -1.11. The largest absolute Gasteiger partial charge is 0.451 e. The van der Waals surface area contributed by atoms with Gasteiger partial charge in [0.05, 0.1) is 11.4 Å². The number of aromatic amines is 1. The number of amides is 1. The van der Waals surface area contributed by atoms with Gasteiger partial charge in [0, 0.05) is 12.4 Å². The SMILES string of the molecule is C[C@H](c1ccccc1)N(C)C(=O)COC(=O)c1n[nH]c(=O)c2ccccc12. The Hall–Kier alpha value is -3.48. The van der Waals surface area contributed by atoms with Crippen LogP contribution in [0.2, 0.25) is 0 Å². The summed E-state index contributed by atoms with van der Waals surface area (Å²) in [7, 11) is 1.65. The van der Waals surface area contributed by atoms with Crippen LogP contribution in [0.3, 0.4) is 0 Å². The van der Waals surface area contributed by atoms with Gasteiger partial charge in [-0.3, -0.25) is 9.59 Å². The van der Waals surface area contributed by atoms with Gasteiger partial charge in [-0.25, -0.2) is 9.89 Å². The molecule has 1 N–H and O–H groups in total. The Morgan fingerprint density at radius 2 is 1.70 bits per heavy atom. The summed E-state index contributed by atoms with van der Waals surface area (Å²) in [6, 6.07) is 16.0. The number of likely N-dealkylation sites (N-methyl/N-ethyl adjacent to an activating group) is 1.